The lowest BCUT2D eigenvalue weighted by Crippen LogP contribution is -2.54. The molecule has 2 aliphatic heterocycles. The summed E-state index contributed by atoms with van der Waals surface area (Å²) in [4.78, 5) is 22.7. The number of hydrogen-bond acceptors (Lipinski definition) is 3. The number of carbonyl (C=O) groups is 2. The first kappa shape index (κ1) is 9.00. The predicted molar refractivity (Wildman–Crippen MR) is 46.5 cm³/mol. The lowest BCUT2D eigenvalue weighted by molar-refractivity contribution is -0.124. The van der Waals surface area contributed by atoms with E-state index in [1.165, 1.54) is 0 Å². The van der Waals surface area contributed by atoms with Crippen molar-refractivity contribution in [3.05, 3.63) is 0 Å². The standard InChI is InChI=1S/C9H11N3O2/c1-8-3-6(13)11-9(8,2)12-7(14)5(8)4-10/h5H,3H2,1-2H3,(H,11,13)(H,12,14)/t5-,8-,9-/m1/s1. The Bertz CT molecular complexity index is 373. The van der Waals surface area contributed by atoms with E-state index in [1.807, 2.05) is 6.07 Å². The first-order valence-corrected chi connectivity index (χ1v) is 4.45. The fraction of sp³-hybridized carbons (Fsp3) is 0.667. The summed E-state index contributed by atoms with van der Waals surface area (Å²) in [5, 5.41) is 14.3. The van der Waals surface area contributed by atoms with E-state index in [9.17, 15) is 9.59 Å². The molecule has 0 aromatic rings. The Morgan fingerprint density at radius 3 is 2.64 bits per heavy atom. The van der Waals surface area contributed by atoms with Gasteiger partial charge in [0.2, 0.25) is 11.8 Å². The number of nitriles is 1. The predicted octanol–water partition coefficient (Wildman–Crippen LogP) is -0.502. The molecule has 0 spiro atoms. The molecule has 2 aliphatic rings. The van der Waals surface area contributed by atoms with Gasteiger partial charge in [-0.05, 0) is 6.92 Å². The highest BCUT2D eigenvalue weighted by atomic mass is 16.2. The van der Waals surface area contributed by atoms with Crippen LogP contribution in [0.15, 0.2) is 0 Å². The van der Waals surface area contributed by atoms with Gasteiger partial charge in [-0.1, -0.05) is 6.92 Å². The summed E-state index contributed by atoms with van der Waals surface area (Å²) in [6.07, 6.45) is 0.223. The Morgan fingerprint density at radius 2 is 2.07 bits per heavy atom. The summed E-state index contributed by atoms with van der Waals surface area (Å²) in [6, 6.07) is 1.97. The third kappa shape index (κ3) is 0.782. The smallest absolute Gasteiger partial charge is 0.239 e. The first-order valence-electron chi connectivity index (χ1n) is 4.45. The molecule has 0 aromatic carbocycles. The minimum absolute atomic E-state index is 0.116. The lowest BCUT2D eigenvalue weighted by atomic mass is 9.72. The van der Waals surface area contributed by atoms with Crippen LogP contribution >= 0.6 is 0 Å². The molecule has 0 aliphatic carbocycles. The van der Waals surface area contributed by atoms with Gasteiger partial charge in [-0.15, -0.1) is 0 Å². The molecule has 0 aromatic heterocycles. The number of fused-ring (bicyclic) bond motifs is 1. The highest BCUT2D eigenvalue weighted by Gasteiger charge is 2.64. The topological polar surface area (TPSA) is 82.0 Å². The monoisotopic (exact) mass is 193 g/mol. The Hall–Kier alpha value is -1.57. The molecule has 2 rings (SSSR count). The minimum Gasteiger partial charge on any atom is -0.333 e. The van der Waals surface area contributed by atoms with Gasteiger partial charge in [-0.2, -0.15) is 5.26 Å². The average Bonchev–Trinajstić information content (AvgIpc) is 2.31. The normalized spacial score (nSPS) is 45.4. The van der Waals surface area contributed by atoms with Gasteiger partial charge in [-0.3, -0.25) is 9.59 Å². The minimum atomic E-state index is -0.762. The van der Waals surface area contributed by atoms with Crippen molar-refractivity contribution in [3.63, 3.8) is 0 Å². The third-order valence-electron chi connectivity index (χ3n) is 3.46. The van der Waals surface area contributed by atoms with E-state index in [0.717, 1.165) is 0 Å². The zero-order valence-corrected chi connectivity index (χ0v) is 8.05. The van der Waals surface area contributed by atoms with Crippen molar-refractivity contribution in [2.45, 2.75) is 25.9 Å². The van der Waals surface area contributed by atoms with E-state index in [2.05, 4.69) is 10.6 Å². The fourth-order valence-electron chi connectivity index (χ4n) is 2.35. The van der Waals surface area contributed by atoms with Gasteiger partial charge >= 0.3 is 0 Å². The van der Waals surface area contributed by atoms with Gasteiger partial charge in [0, 0.05) is 11.8 Å². The molecule has 2 saturated heterocycles. The van der Waals surface area contributed by atoms with Gasteiger partial charge in [0.15, 0.2) is 0 Å². The molecule has 0 radical (unpaired) electrons. The molecule has 2 N–H and O–H groups in total. The summed E-state index contributed by atoms with van der Waals surface area (Å²) < 4.78 is 0. The van der Waals surface area contributed by atoms with Gasteiger partial charge in [0.05, 0.1) is 6.07 Å². The second-order valence-electron chi connectivity index (χ2n) is 4.32. The number of carbonyl (C=O) groups excluding carboxylic acids is 2. The molecular formula is C9H11N3O2. The summed E-state index contributed by atoms with van der Waals surface area (Å²) in [5.74, 6) is -1.15. The average molecular weight is 193 g/mol. The van der Waals surface area contributed by atoms with E-state index in [4.69, 9.17) is 5.26 Å². The molecule has 2 heterocycles. The second kappa shape index (κ2) is 2.27. The van der Waals surface area contributed by atoms with Crippen LogP contribution in [-0.4, -0.2) is 17.5 Å². The highest BCUT2D eigenvalue weighted by molar-refractivity contribution is 5.92. The van der Waals surface area contributed by atoms with Crippen molar-refractivity contribution < 1.29 is 9.59 Å². The Balaban J connectivity index is 2.49. The van der Waals surface area contributed by atoms with Crippen molar-refractivity contribution in [1.82, 2.24) is 10.6 Å². The van der Waals surface area contributed by atoms with Crippen LogP contribution in [0.2, 0.25) is 0 Å². The molecule has 0 unspecified atom stereocenters. The molecule has 0 bridgehead atoms. The van der Waals surface area contributed by atoms with Gasteiger partial charge in [0.1, 0.15) is 11.6 Å². The summed E-state index contributed by atoms with van der Waals surface area (Å²) in [6.45, 7) is 3.53. The van der Waals surface area contributed by atoms with Crippen molar-refractivity contribution in [1.29, 1.82) is 5.26 Å². The van der Waals surface area contributed by atoms with Crippen LogP contribution in [0.3, 0.4) is 0 Å². The number of amides is 2. The van der Waals surface area contributed by atoms with E-state index in [-0.39, 0.29) is 18.2 Å². The zero-order chi connectivity index (χ0) is 10.6. The van der Waals surface area contributed by atoms with Crippen LogP contribution in [0, 0.1) is 22.7 Å². The molecule has 5 heteroatoms. The number of nitrogens with zero attached hydrogens (tertiary/aromatic N) is 1. The van der Waals surface area contributed by atoms with Crippen LogP contribution in [0.25, 0.3) is 0 Å². The molecule has 14 heavy (non-hydrogen) atoms. The van der Waals surface area contributed by atoms with Crippen LogP contribution in [0.1, 0.15) is 20.3 Å². The maximum absolute atomic E-state index is 11.5. The Labute approximate surface area is 81.5 Å². The summed E-state index contributed by atoms with van der Waals surface area (Å²) in [7, 11) is 0. The molecule has 3 atom stereocenters. The number of hydrogen-bond donors (Lipinski definition) is 2. The van der Waals surface area contributed by atoms with Crippen LogP contribution in [-0.2, 0) is 9.59 Å². The van der Waals surface area contributed by atoms with E-state index in [0.29, 0.717) is 0 Å². The Morgan fingerprint density at radius 1 is 1.43 bits per heavy atom. The molecule has 2 fully saturated rings. The SMILES string of the molecule is C[C@]12NC(=O)C[C@]1(C)[C@H](C#N)C(=O)N2. The maximum Gasteiger partial charge on any atom is 0.239 e. The van der Waals surface area contributed by atoms with Gasteiger partial charge in [-0.25, -0.2) is 0 Å². The van der Waals surface area contributed by atoms with Gasteiger partial charge in [0.25, 0.3) is 0 Å². The third-order valence-corrected chi connectivity index (χ3v) is 3.46. The fourth-order valence-corrected chi connectivity index (χ4v) is 2.35. The van der Waals surface area contributed by atoms with E-state index >= 15 is 0 Å². The quantitative estimate of drug-likeness (QED) is 0.544. The maximum atomic E-state index is 11.5. The first-order chi connectivity index (χ1) is 6.43. The van der Waals surface area contributed by atoms with Crippen molar-refractivity contribution in [3.8, 4) is 6.07 Å². The van der Waals surface area contributed by atoms with E-state index in [1.54, 1.807) is 13.8 Å². The second-order valence-corrected chi connectivity index (χ2v) is 4.32. The van der Waals surface area contributed by atoms with Crippen LogP contribution < -0.4 is 10.6 Å². The number of rotatable bonds is 0. The van der Waals surface area contributed by atoms with Crippen molar-refractivity contribution in [2.75, 3.05) is 0 Å². The van der Waals surface area contributed by atoms with Crippen molar-refractivity contribution in [2.24, 2.45) is 11.3 Å². The van der Waals surface area contributed by atoms with Gasteiger partial charge < -0.3 is 10.6 Å². The molecular weight excluding hydrogens is 182 g/mol. The molecule has 74 valence electrons. The van der Waals surface area contributed by atoms with Crippen molar-refractivity contribution >= 4 is 11.8 Å². The van der Waals surface area contributed by atoms with Crippen LogP contribution in [0.4, 0.5) is 0 Å². The molecule has 5 nitrogen and oxygen atoms in total. The molecule has 0 saturated carbocycles. The lowest BCUT2D eigenvalue weighted by Gasteiger charge is -2.32. The van der Waals surface area contributed by atoms with E-state index < -0.39 is 17.0 Å². The molecule has 2 amide bonds. The van der Waals surface area contributed by atoms with Crippen LogP contribution in [0.5, 0.6) is 0 Å². The zero-order valence-electron chi connectivity index (χ0n) is 8.05. The Kier molecular flexibility index (Phi) is 1.46. The highest BCUT2D eigenvalue weighted by Crippen LogP contribution is 2.48. The summed E-state index contributed by atoms with van der Waals surface area (Å²) in [5.41, 5.74) is -1.39. The number of nitrogens with one attached hydrogen (secondary N) is 2. The largest absolute Gasteiger partial charge is 0.333 e. The summed E-state index contributed by atoms with van der Waals surface area (Å²) >= 11 is 0.